The van der Waals surface area contributed by atoms with E-state index >= 15 is 0 Å². The highest BCUT2D eigenvalue weighted by atomic mass is 32.1. The predicted molar refractivity (Wildman–Crippen MR) is 268 cm³/mol. The van der Waals surface area contributed by atoms with Crippen LogP contribution in [0.3, 0.4) is 0 Å². The van der Waals surface area contributed by atoms with E-state index in [0.29, 0.717) is 17.2 Å². The van der Waals surface area contributed by atoms with Crippen molar-refractivity contribution in [2.45, 2.75) is 5.41 Å². The summed E-state index contributed by atoms with van der Waals surface area (Å²) in [5.74, 6) is 2.79. The second kappa shape index (κ2) is 13.9. The van der Waals surface area contributed by atoms with Crippen LogP contribution < -0.4 is 14.4 Å². The highest BCUT2D eigenvalue weighted by Gasteiger charge is 2.53. The summed E-state index contributed by atoms with van der Waals surface area (Å²) < 4.78 is 16.9. The first kappa shape index (κ1) is 36.3. The molecule has 2 aliphatic carbocycles. The molecule has 304 valence electrons. The van der Waals surface area contributed by atoms with Crippen molar-refractivity contribution in [3.8, 4) is 67.5 Å². The molecule has 0 unspecified atom stereocenters. The van der Waals surface area contributed by atoms with Gasteiger partial charge in [0.2, 0.25) is 0 Å². The lowest BCUT2D eigenvalue weighted by atomic mass is 9.70. The maximum Gasteiger partial charge on any atom is 0.194 e. The maximum absolute atomic E-state index is 7.40. The van der Waals surface area contributed by atoms with Gasteiger partial charge < -0.3 is 14.4 Å². The minimum Gasteiger partial charge on any atom is -0.449 e. The molecular formula is C61H37NO2S. The van der Waals surface area contributed by atoms with E-state index in [1.54, 1.807) is 0 Å². The van der Waals surface area contributed by atoms with Crippen LogP contribution in [-0.2, 0) is 5.41 Å². The van der Waals surface area contributed by atoms with E-state index in [1.807, 2.05) is 17.4 Å². The number of benzene rings is 10. The third kappa shape index (κ3) is 5.23. The first-order valence-corrected chi connectivity index (χ1v) is 23.0. The molecule has 0 saturated carbocycles. The van der Waals surface area contributed by atoms with E-state index in [4.69, 9.17) is 9.47 Å². The van der Waals surface area contributed by atoms with E-state index < -0.39 is 5.41 Å². The third-order valence-electron chi connectivity index (χ3n) is 13.8. The molecule has 0 bridgehead atoms. The molecule has 4 heteroatoms. The Labute approximate surface area is 380 Å². The van der Waals surface area contributed by atoms with E-state index in [1.165, 1.54) is 64.7 Å². The Bertz CT molecular complexity index is 3670. The lowest BCUT2D eigenvalue weighted by Gasteiger charge is -2.32. The fourth-order valence-electron chi connectivity index (χ4n) is 11.0. The second-order valence-electron chi connectivity index (χ2n) is 17.1. The summed E-state index contributed by atoms with van der Waals surface area (Å²) in [7, 11) is 0. The molecule has 3 aliphatic rings. The normalized spacial score (nSPS) is 13.3. The Morgan fingerprint density at radius 2 is 0.908 bits per heavy atom. The van der Waals surface area contributed by atoms with Crippen molar-refractivity contribution in [2.75, 3.05) is 4.90 Å². The Morgan fingerprint density at radius 1 is 0.354 bits per heavy atom. The summed E-state index contributed by atoms with van der Waals surface area (Å²) in [6, 6.07) is 81.0. The zero-order valence-electron chi connectivity index (χ0n) is 35.0. The lowest BCUT2D eigenvalue weighted by Crippen LogP contribution is -2.25. The number of anilines is 3. The van der Waals surface area contributed by atoms with Crippen LogP contribution in [0.15, 0.2) is 224 Å². The maximum atomic E-state index is 7.40. The molecule has 0 saturated heterocycles. The number of ether oxygens (including phenoxy) is 2. The van der Waals surface area contributed by atoms with E-state index in [2.05, 4.69) is 223 Å². The summed E-state index contributed by atoms with van der Waals surface area (Å²) in [5.41, 5.74) is 16.9. The quantitative estimate of drug-likeness (QED) is 0.172. The number of fused-ring (bicyclic) bond motifs is 16. The smallest absolute Gasteiger partial charge is 0.194 e. The van der Waals surface area contributed by atoms with Gasteiger partial charge in [-0.25, -0.2) is 0 Å². The van der Waals surface area contributed by atoms with Crippen molar-refractivity contribution in [3.05, 3.63) is 247 Å². The zero-order valence-corrected chi connectivity index (χ0v) is 35.9. The molecule has 0 N–H and O–H groups in total. The molecule has 14 rings (SSSR count). The van der Waals surface area contributed by atoms with Gasteiger partial charge in [-0.15, -0.1) is 11.3 Å². The van der Waals surface area contributed by atoms with Gasteiger partial charge in [0.1, 0.15) is 0 Å². The van der Waals surface area contributed by atoms with Gasteiger partial charge in [-0.2, -0.15) is 0 Å². The van der Waals surface area contributed by atoms with E-state index in [9.17, 15) is 0 Å². The Balaban J connectivity index is 0.918. The number of rotatable bonds is 5. The Hall–Kier alpha value is -8.18. The summed E-state index contributed by atoms with van der Waals surface area (Å²) in [4.78, 5) is 2.29. The molecule has 0 amide bonds. The van der Waals surface area contributed by atoms with Crippen molar-refractivity contribution >= 4 is 48.6 Å². The van der Waals surface area contributed by atoms with Crippen LogP contribution in [0.1, 0.15) is 22.3 Å². The van der Waals surface area contributed by atoms with Crippen LogP contribution >= 0.6 is 11.3 Å². The number of thiophene rings is 1. The van der Waals surface area contributed by atoms with Gasteiger partial charge in [0.15, 0.2) is 23.0 Å². The van der Waals surface area contributed by atoms with Gasteiger partial charge in [0.05, 0.1) is 11.1 Å². The topological polar surface area (TPSA) is 21.7 Å². The summed E-state index contributed by atoms with van der Waals surface area (Å²) >= 11 is 1.85. The fourth-order valence-corrected chi connectivity index (χ4v) is 12.1. The molecule has 11 aromatic rings. The molecule has 0 atom stereocenters. The van der Waals surface area contributed by atoms with Gasteiger partial charge in [-0.1, -0.05) is 170 Å². The SMILES string of the molecule is c1ccc(-c2ccc(N(c3ccc(-c4ccc5c(c4)sc4ccccc45)cc3)c3cccc4c3Oc3c(ccc5c3-c3ccccc3C53c5ccccc5-c5ccccc53)O4)cc2)cc1. The molecular weight excluding hydrogens is 811 g/mol. The van der Waals surface area contributed by atoms with Crippen molar-refractivity contribution < 1.29 is 9.47 Å². The molecule has 0 radical (unpaired) electrons. The van der Waals surface area contributed by atoms with Crippen molar-refractivity contribution in [1.82, 2.24) is 0 Å². The number of nitrogens with zero attached hydrogens (tertiary/aromatic N) is 1. The van der Waals surface area contributed by atoms with Gasteiger partial charge >= 0.3 is 0 Å². The molecule has 65 heavy (non-hydrogen) atoms. The summed E-state index contributed by atoms with van der Waals surface area (Å²) in [6.07, 6.45) is 0. The molecule has 2 heterocycles. The summed E-state index contributed by atoms with van der Waals surface area (Å²) in [5, 5.41) is 2.61. The minimum absolute atomic E-state index is 0.493. The third-order valence-corrected chi connectivity index (χ3v) is 14.9. The standard InChI is InChI=1S/C61H37NO2S/c1-2-13-38(14-3-1)39-25-30-42(31-26-39)62(43-32-27-40(28-33-43)41-29-34-47-46-17-7-11-24-56(46)65-57(47)37-41)53-22-12-23-54-59(53)64-60-55(63-54)36-35-52-58(60)48-18-6-10-21-51(48)61(52)49-19-8-4-15-44(49)45-16-5-9-20-50(45)61/h1-37H. The monoisotopic (exact) mass is 847 g/mol. The van der Waals surface area contributed by atoms with Crippen LogP contribution in [0.5, 0.6) is 23.0 Å². The lowest BCUT2D eigenvalue weighted by molar-refractivity contribution is 0.361. The van der Waals surface area contributed by atoms with Crippen LogP contribution in [-0.4, -0.2) is 0 Å². The molecule has 10 aromatic carbocycles. The largest absolute Gasteiger partial charge is 0.449 e. The first-order valence-electron chi connectivity index (χ1n) is 22.2. The molecule has 1 spiro atoms. The van der Waals surface area contributed by atoms with Crippen LogP contribution in [0.4, 0.5) is 17.1 Å². The summed E-state index contributed by atoms with van der Waals surface area (Å²) in [6.45, 7) is 0. The van der Waals surface area contributed by atoms with Crippen molar-refractivity contribution in [2.24, 2.45) is 0 Å². The van der Waals surface area contributed by atoms with Crippen molar-refractivity contribution in [3.63, 3.8) is 0 Å². The van der Waals surface area contributed by atoms with Crippen LogP contribution in [0.25, 0.3) is 64.7 Å². The Morgan fingerprint density at radius 3 is 1.63 bits per heavy atom. The highest BCUT2D eigenvalue weighted by molar-refractivity contribution is 7.25. The number of hydrogen-bond donors (Lipinski definition) is 0. The second-order valence-corrected chi connectivity index (χ2v) is 18.2. The molecule has 3 nitrogen and oxygen atoms in total. The van der Waals surface area contributed by atoms with Gasteiger partial charge in [0.25, 0.3) is 0 Å². The molecule has 1 aromatic heterocycles. The molecule has 0 fully saturated rings. The van der Waals surface area contributed by atoms with Crippen LogP contribution in [0, 0.1) is 0 Å². The van der Waals surface area contributed by atoms with E-state index in [-0.39, 0.29) is 0 Å². The fraction of sp³-hybridized carbons (Fsp3) is 0.0164. The average molecular weight is 848 g/mol. The average Bonchev–Trinajstić information content (AvgIpc) is 4.01. The zero-order chi connectivity index (χ0) is 42.6. The van der Waals surface area contributed by atoms with Gasteiger partial charge in [-0.05, 0) is 116 Å². The van der Waals surface area contributed by atoms with Gasteiger partial charge in [0, 0.05) is 37.1 Å². The number of hydrogen-bond acceptors (Lipinski definition) is 4. The predicted octanol–water partition coefficient (Wildman–Crippen LogP) is 17.1. The minimum atomic E-state index is -0.493. The Kier molecular flexibility index (Phi) is 7.77. The van der Waals surface area contributed by atoms with E-state index in [0.717, 1.165) is 45.1 Å². The number of para-hydroxylation sites is 1. The van der Waals surface area contributed by atoms with Crippen molar-refractivity contribution in [1.29, 1.82) is 0 Å². The van der Waals surface area contributed by atoms with Crippen LogP contribution in [0.2, 0.25) is 0 Å². The first-order chi connectivity index (χ1) is 32.2. The highest BCUT2D eigenvalue weighted by Crippen LogP contribution is 2.67. The molecule has 1 aliphatic heterocycles. The van der Waals surface area contributed by atoms with Gasteiger partial charge in [-0.3, -0.25) is 0 Å².